The average molecular weight is 338 g/mol. The molecule has 7 heteroatoms. The summed E-state index contributed by atoms with van der Waals surface area (Å²) >= 11 is 0. The maximum absolute atomic E-state index is 9.97. The van der Waals surface area contributed by atoms with Crippen LogP contribution in [0.15, 0.2) is 46.8 Å². The maximum Gasteiger partial charge on any atom is 2.00 e. The minimum absolute atomic E-state index is 0. The van der Waals surface area contributed by atoms with Crippen LogP contribution in [0.3, 0.4) is 0 Å². The van der Waals surface area contributed by atoms with Crippen molar-refractivity contribution in [1.29, 1.82) is 0 Å². The molecular weight excluding hydrogens is 324 g/mol. The smallest absolute Gasteiger partial charge is 0.506 e. The van der Waals surface area contributed by atoms with Crippen LogP contribution in [0.4, 0.5) is 11.4 Å². The molecule has 2 aromatic carbocycles. The van der Waals surface area contributed by atoms with E-state index in [1.165, 1.54) is 24.3 Å². The number of benzene rings is 2. The van der Waals surface area contributed by atoms with E-state index in [4.69, 9.17) is 10.2 Å². The summed E-state index contributed by atoms with van der Waals surface area (Å²) in [7, 11) is 0. The van der Waals surface area contributed by atoms with Crippen molar-refractivity contribution in [3.05, 3.63) is 57.3 Å². The van der Waals surface area contributed by atoms with Gasteiger partial charge in [-0.05, 0) is 59.6 Å². The molecule has 0 amide bonds. The van der Waals surface area contributed by atoms with Crippen LogP contribution in [-0.2, 0) is 17.1 Å². The molecule has 1 radical (unpaired) electrons. The molecule has 2 aromatic rings. The summed E-state index contributed by atoms with van der Waals surface area (Å²) in [6, 6.07) is 9.39. The minimum atomic E-state index is -0.0689. The molecule has 0 aromatic heterocycles. The summed E-state index contributed by atoms with van der Waals surface area (Å²) in [5.74, 6) is -0.138. The number of aromatic hydroxyl groups is 2. The number of nitrogens with zero attached hydrogens (tertiary/aromatic N) is 2. The zero-order valence-corrected chi connectivity index (χ0v) is 12.3. The zero-order chi connectivity index (χ0) is 15.1. The Kier molecular flexibility index (Phi) is 7.89. The Morgan fingerprint density at radius 3 is 1.33 bits per heavy atom. The molecular formula is C14H14CuN2O4+2. The first-order chi connectivity index (χ1) is 9.47. The van der Waals surface area contributed by atoms with Crippen molar-refractivity contribution in [3.8, 4) is 11.5 Å². The number of phenolic OH excluding ortho intramolecular Hbond substituents is 2. The van der Waals surface area contributed by atoms with Gasteiger partial charge in [0.2, 0.25) is 0 Å². The summed E-state index contributed by atoms with van der Waals surface area (Å²) in [6.45, 7) is 3.66. The molecule has 2 N–H and O–H groups in total. The predicted octanol–water partition coefficient (Wildman–Crippen LogP) is 4.19. The van der Waals surface area contributed by atoms with Crippen molar-refractivity contribution in [2.75, 3.05) is 0 Å². The van der Waals surface area contributed by atoms with E-state index in [0.717, 1.165) is 11.1 Å². The molecule has 21 heavy (non-hydrogen) atoms. The summed E-state index contributed by atoms with van der Waals surface area (Å²) in [5, 5.41) is 23.1. The Balaban J connectivity index is 0.000000364. The van der Waals surface area contributed by atoms with Crippen LogP contribution >= 0.6 is 0 Å². The Morgan fingerprint density at radius 2 is 1.10 bits per heavy atom. The molecule has 6 nitrogen and oxygen atoms in total. The van der Waals surface area contributed by atoms with Gasteiger partial charge in [-0.25, -0.2) is 0 Å². The first-order valence-electron chi connectivity index (χ1n) is 5.74. The largest absolute Gasteiger partial charge is 2.00 e. The monoisotopic (exact) mass is 337 g/mol. The molecule has 0 unspecified atom stereocenters. The van der Waals surface area contributed by atoms with Crippen LogP contribution in [-0.4, -0.2) is 10.2 Å². The number of phenols is 2. The Bertz CT molecular complexity index is 577. The van der Waals surface area contributed by atoms with Gasteiger partial charge in [-0.2, -0.15) is 0 Å². The van der Waals surface area contributed by atoms with E-state index in [0.29, 0.717) is 0 Å². The van der Waals surface area contributed by atoms with E-state index in [9.17, 15) is 9.81 Å². The third-order valence-corrected chi connectivity index (χ3v) is 2.46. The van der Waals surface area contributed by atoms with E-state index in [2.05, 4.69) is 10.4 Å². The molecule has 0 saturated carbocycles. The van der Waals surface area contributed by atoms with Gasteiger partial charge in [0.25, 0.3) is 0 Å². The van der Waals surface area contributed by atoms with Gasteiger partial charge in [0.1, 0.15) is 22.9 Å². The van der Waals surface area contributed by atoms with E-state index in [-0.39, 0.29) is 39.9 Å². The van der Waals surface area contributed by atoms with Gasteiger partial charge < -0.3 is 10.2 Å². The number of rotatable bonds is 2. The second-order valence-corrected chi connectivity index (χ2v) is 4.17. The fourth-order valence-corrected chi connectivity index (χ4v) is 1.41. The number of aryl methyl sites for hydroxylation is 2. The van der Waals surface area contributed by atoms with Gasteiger partial charge in [-0.3, -0.25) is 0 Å². The summed E-state index contributed by atoms with van der Waals surface area (Å²) in [6.07, 6.45) is 0. The van der Waals surface area contributed by atoms with Crippen molar-refractivity contribution >= 4 is 11.4 Å². The molecule has 2 rings (SSSR count). The van der Waals surface area contributed by atoms with E-state index in [1.807, 2.05) is 13.8 Å². The van der Waals surface area contributed by atoms with Gasteiger partial charge in [0.05, 0.1) is 0 Å². The number of nitroso groups, excluding NO2 is 2. The first-order valence-corrected chi connectivity index (χ1v) is 5.74. The summed E-state index contributed by atoms with van der Waals surface area (Å²) in [5.41, 5.74) is 2.01. The second kappa shape index (κ2) is 8.84. The van der Waals surface area contributed by atoms with Crippen molar-refractivity contribution in [3.63, 3.8) is 0 Å². The fraction of sp³-hybridized carbons (Fsp3) is 0.143. The zero-order valence-electron chi connectivity index (χ0n) is 11.4. The van der Waals surface area contributed by atoms with Crippen molar-refractivity contribution in [2.45, 2.75) is 13.8 Å². The molecule has 0 saturated heterocycles. The average Bonchev–Trinajstić information content (AvgIpc) is 2.44. The van der Waals surface area contributed by atoms with E-state index >= 15 is 0 Å². The SMILES string of the molecule is Cc1ccc(O)c(N=O)c1.Cc1ccc(O)c(N=O)c1.[Cu+2]. The Labute approximate surface area is 132 Å². The van der Waals surface area contributed by atoms with E-state index < -0.39 is 0 Å². The maximum atomic E-state index is 9.97. The molecule has 0 heterocycles. The summed E-state index contributed by atoms with van der Waals surface area (Å²) in [4.78, 5) is 19.9. The fourth-order valence-electron chi connectivity index (χ4n) is 1.41. The van der Waals surface area contributed by atoms with Gasteiger partial charge in [0.15, 0.2) is 0 Å². The Hall–Kier alpha value is -2.24. The normalized spacial score (nSPS) is 8.86. The quantitative estimate of drug-likeness (QED) is 0.633. The van der Waals surface area contributed by atoms with Crippen molar-refractivity contribution in [2.24, 2.45) is 10.4 Å². The van der Waals surface area contributed by atoms with Crippen molar-refractivity contribution < 1.29 is 27.3 Å². The van der Waals surface area contributed by atoms with Crippen LogP contribution in [0.25, 0.3) is 0 Å². The summed E-state index contributed by atoms with van der Waals surface area (Å²) < 4.78 is 0. The standard InChI is InChI=1S/2C7H7NO2.Cu/c2*1-5-2-3-7(9)6(4-5)8-10;/h2*2-4,9H,1H3;/q;;+2. The van der Waals surface area contributed by atoms with Gasteiger partial charge in [-0.1, -0.05) is 12.1 Å². The predicted molar refractivity (Wildman–Crippen MR) is 76.6 cm³/mol. The van der Waals surface area contributed by atoms with Crippen LogP contribution in [0.2, 0.25) is 0 Å². The third-order valence-electron chi connectivity index (χ3n) is 2.46. The van der Waals surface area contributed by atoms with Crippen LogP contribution in [0, 0.1) is 23.7 Å². The van der Waals surface area contributed by atoms with Gasteiger partial charge in [-0.15, -0.1) is 9.81 Å². The molecule has 0 fully saturated rings. The molecule has 113 valence electrons. The first kappa shape index (κ1) is 18.8. The number of hydrogen-bond donors (Lipinski definition) is 2. The van der Waals surface area contributed by atoms with E-state index in [1.54, 1.807) is 12.1 Å². The van der Waals surface area contributed by atoms with Crippen molar-refractivity contribution in [1.82, 2.24) is 0 Å². The van der Waals surface area contributed by atoms with Crippen LogP contribution in [0.1, 0.15) is 11.1 Å². The molecule has 0 aliphatic heterocycles. The molecule has 0 bridgehead atoms. The Morgan fingerprint density at radius 1 is 0.762 bits per heavy atom. The molecule has 0 aliphatic carbocycles. The molecule has 0 aliphatic rings. The van der Waals surface area contributed by atoms with Crippen LogP contribution < -0.4 is 0 Å². The second-order valence-electron chi connectivity index (χ2n) is 4.17. The minimum Gasteiger partial charge on any atom is -0.506 e. The third kappa shape index (κ3) is 5.72. The topological polar surface area (TPSA) is 99.3 Å². The molecule has 0 spiro atoms. The van der Waals surface area contributed by atoms with Crippen LogP contribution in [0.5, 0.6) is 11.5 Å². The van der Waals surface area contributed by atoms with Gasteiger partial charge in [0, 0.05) is 0 Å². The van der Waals surface area contributed by atoms with Gasteiger partial charge >= 0.3 is 17.1 Å². The number of hydrogen-bond acceptors (Lipinski definition) is 6. The molecule has 0 atom stereocenters.